The molecule has 2 aromatic carbocycles. The first kappa shape index (κ1) is 32.3. The molecule has 47 heavy (non-hydrogen) atoms. The van der Waals surface area contributed by atoms with E-state index in [-0.39, 0.29) is 18.3 Å². The lowest BCUT2D eigenvalue weighted by Gasteiger charge is -2.43. The summed E-state index contributed by atoms with van der Waals surface area (Å²) in [6, 6.07) is 16.4. The molecule has 0 bridgehead atoms. The standard InChI is InChI=1S/C35H42FN9O2/c1-3-34(47)39-30-23-27(10-11-31(30)44-20-18-43(19-21-44)28-13-16-42(2)17-14-28)38-32-24-29(12-15-37-32)45-33(5-4-22-46)40-41-35(45)25-6-8-26(36)9-7-25/h3,6-12,15,23-24,28,46H,1,4-5,13-14,16-22H2,2H3,(H,37,38)(H,39,47). The number of aromatic nitrogens is 4. The molecule has 0 atom stereocenters. The molecule has 0 saturated carbocycles. The summed E-state index contributed by atoms with van der Waals surface area (Å²) in [5, 5.41) is 24.7. The van der Waals surface area contributed by atoms with Crippen LogP contribution in [0.15, 0.2) is 73.4 Å². The smallest absolute Gasteiger partial charge is 0.247 e. The van der Waals surface area contributed by atoms with E-state index >= 15 is 0 Å². The molecule has 4 aromatic rings. The Morgan fingerprint density at radius 3 is 2.51 bits per heavy atom. The Morgan fingerprint density at radius 2 is 1.79 bits per heavy atom. The second-order valence-corrected chi connectivity index (χ2v) is 12.1. The van der Waals surface area contributed by atoms with Gasteiger partial charge in [-0.05, 0) is 94.0 Å². The zero-order valence-electron chi connectivity index (χ0n) is 26.8. The molecule has 2 aromatic heterocycles. The Bertz CT molecular complexity index is 1680. The number of amides is 1. The number of aliphatic hydroxyl groups excluding tert-OH is 1. The minimum Gasteiger partial charge on any atom is -0.396 e. The molecule has 1 amide bonds. The van der Waals surface area contributed by atoms with Gasteiger partial charge in [0.25, 0.3) is 0 Å². The molecule has 12 heteroatoms. The van der Waals surface area contributed by atoms with Crippen molar-refractivity contribution in [2.75, 3.05) is 68.5 Å². The first-order valence-corrected chi connectivity index (χ1v) is 16.2. The maximum atomic E-state index is 13.7. The number of hydrogen-bond acceptors (Lipinski definition) is 9. The summed E-state index contributed by atoms with van der Waals surface area (Å²) in [5.74, 6) is 1.20. The highest BCUT2D eigenvalue weighted by atomic mass is 19.1. The Kier molecular flexibility index (Phi) is 10.2. The van der Waals surface area contributed by atoms with Crippen LogP contribution in [0.3, 0.4) is 0 Å². The van der Waals surface area contributed by atoms with Crippen LogP contribution < -0.4 is 15.5 Å². The van der Waals surface area contributed by atoms with E-state index in [1.165, 1.54) is 31.1 Å². The van der Waals surface area contributed by atoms with Crippen molar-refractivity contribution in [1.29, 1.82) is 0 Å². The SMILES string of the molecule is C=CC(=O)Nc1cc(Nc2cc(-n3c(CCCO)nnc3-c3ccc(F)cc3)ccn2)ccc1N1CCN(C2CCN(C)CC2)CC1. The minimum atomic E-state index is -0.333. The van der Waals surface area contributed by atoms with Crippen LogP contribution in [0, 0.1) is 5.82 Å². The van der Waals surface area contributed by atoms with Crippen LogP contribution in [0.25, 0.3) is 17.1 Å². The minimum absolute atomic E-state index is 0.0244. The van der Waals surface area contributed by atoms with Crippen molar-refractivity contribution in [1.82, 2.24) is 29.5 Å². The summed E-state index contributed by atoms with van der Waals surface area (Å²) < 4.78 is 15.6. The van der Waals surface area contributed by atoms with E-state index in [2.05, 4.69) is 54.1 Å². The van der Waals surface area contributed by atoms with E-state index in [0.29, 0.717) is 47.6 Å². The van der Waals surface area contributed by atoms with Gasteiger partial charge >= 0.3 is 0 Å². The van der Waals surface area contributed by atoms with Crippen LogP contribution in [0.5, 0.6) is 0 Å². The van der Waals surface area contributed by atoms with Crippen LogP contribution in [0.1, 0.15) is 25.1 Å². The molecule has 246 valence electrons. The first-order chi connectivity index (χ1) is 22.9. The molecule has 0 aliphatic carbocycles. The lowest BCUT2D eigenvalue weighted by molar-refractivity contribution is -0.111. The second-order valence-electron chi connectivity index (χ2n) is 12.1. The van der Waals surface area contributed by atoms with Crippen molar-refractivity contribution in [3.05, 3.63) is 85.1 Å². The number of rotatable bonds is 11. The molecular formula is C35H42FN9O2. The largest absolute Gasteiger partial charge is 0.396 e. The Balaban J connectivity index is 1.23. The molecule has 0 unspecified atom stereocenters. The number of halogens is 1. The Morgan fingerprint density at radius 1 is 1.02 bits per heavy atom. The zero-order valence-corrected chi connectivity index (χ0v) is 26.8. The Hall–Kier alpha value is -4.65. The van der Waals surface area contributed by atoms with Crippen LogP contribution in [-0.2, 0) is 11.2 Å². The molecule has 6 rings (SSSR count). The molecule has 2 aliphatic heterocycles. The maximum absolute atomic E-state index is 13.7. The molecule has 2 saturated heterocycles. The maximum Gasteiger partial charge on any atom is 0.247 e. The normalized spacial score (nSPS) is 16.3. The number of piperidine rings is 1. The number of piperazine rings is 1. The quantitative estimate of drug-likeness (QED) is 0.205. The topological polar surface area (TPSA) is 115 Å². The number of aliphatic hydroxyl groups is 1. The third-order valence-corrected chi connectivity index (χ3v) is 8.96. The van der Waals surface area contributed by atoms with Crippen LogP contribution >= 0.6 is 0 Å². The van der Waals surface area contributed by atoms with E-state index < -0.39 is 0 Å². The number of pyridine rings is 1. The fraction of sp³-hybridized carbons (Fsp3) is 0.371. The molecular weight excluding hydrogens is 597 g/mol. The Labute approximate surface area is 274 Å². The van der Waals surface area contributed by atoms with Gasteiger partial charge in [-0.3, -0.25) is 14.3 Å². The first-order valence-electron chi connectivity index (χ1n) is 16.2. The van der Waals surface area contributed by atoms with Gasteiger partial charge < -0.3 is 25.5 Å². The van der Waals surface area contributed by atoms with Crippen molar-refractivity contribution in [3.8, 4) is 17.1 Å². The van der Waals surface area contributed by atoms with Gasteiger partial charge in [0.2, 0.25) is 5.91 Å². The number of benzene rings is 2. The lowest BCUT2D eigenvalue weighted by atomic mass is 10.0. The number of carbonyl (C=O) groups excluding carboxylic acids is 1. The zero-order chi connectivity index (χ0) is 32.8. The third-order valence-electron chi connectivity index (χ3n) is 8.96. The number of nitrogens with one attached hydrogen (secondary N) is 2. The van der Waals surface area contributed by atoms with Crippen LogP contribution in [0.2, 0.25) is 0 Å². The second kappa shape index (κ2) is 14.8. The highest BCUT2D eigenvalue weighted by molar-refractivity contribution is 6.01. The van der Waals surface area contributed by atoms with Crippen molar-refractivity contribution in [2.24, 2.45) is 0 Å². The van der Waals surface area contributed by atoms with Gasteiger partial charge in [-0.1, -0.05) is 6.58 Å². The highest BCUT2D eigenvalue weighted by Crippen LogP contribution is 2.33. The average molecular weight is 640 g/mol. The highest BCUT2D eigenvalue weighted by Gasteiger charge is 2.27. The van der Waals surface area contributed by atoms with Crippen LogP contribution in [-0.4, -0.2) is 99.5 Å². The molecule has 2 aliphatic rings. The molecule has 0 spiro atoms. The van der Waals surface area contributed by atoms with E-state index in [0.717, 1.165) is 56.3 Å². The van der Waals surface area contributed by atoms with E-state index in [4.69, 9.17) is 0 Å². The van der Waals surface area contributed by atoms with Gasteiger partial charge in [-0.25, -0.2) is 9.37 Å². The molecule has 11 nitrogen and oxygen atoms in total. The van der Waals surface area contributed by atoms with Crippen molar-refractivity contribution < 1.29 is 14.3 Å². The van der Waals surface area contributed by atoms with Gasteiger partial charge in [-0.2, -0.15) is 0 Å². The summed E-state index contributed by atoms with van der Waals surface area (Å²) in [5.41, 5.74) is 3.90. The van der Waals surface area contributed by atoms with Gasteiger partial charge in [0.1, 0.15) is 17.5 Å². The third kappa shape index (κ3) is 7.67. The number of anilines is 4. The predicted molar refractivity (Wildman–Crippen MR) is 183 cm³/mol. The van der Waals surface area contributed by atoms with Crippen LogP contribution in [0.4, 0.5) is 27.3 Å². The predicted octanol–water partition coefficient (Wildman–Crippen LogP) is 4.48. The number of likely N-dealkylation sites (tertiary alicyclic amines) is 1. The van der Waals surface area contributed by atoms with E-state index in [9.17, 15) is 14.3 Å². The molecule has 4 heterocycles. The lowest BCUT2D eigenvalue weighted by Crippen LogP contribution is -2.53. The van der Waals surface area contributed by atoms with Gasteiger partial charge in [0.05, 0.1) is 17.1 Å². The fourth-order valence-corrected chi connectivity index (χ4v) is 6.41. The summed E-state index contributed by atoms with van der Waals surface area (Å²) in [7, 11) is 2.19. The van der Waals surface area contributed by atoms with Gasteiger partial charge in [-0.15, -0.1) is 10.2 Å². The number of nitrogens with zero attached hydrogens (tertiary/aromatic N) is 7. The molecule has 3 N–H and O–H groups in total. The summed E-state index contributed by atoms with van der Waals surface area (Å²) in [6.45, 7) is 9.71. The summed E-state index contributed by atoms with van der Waals surface area (Å²) in [6.07, 6.45) is 6.43. The monoisotopic (exact) mass is 639 g/mol. The summed E-state index contributed by atoms with van der Waals surface area (Å²) >= 11 is 0. The van der Waals surface area contributed by atoms with Crippen molar-refractivity contribution in [2.45, 2.75) is 31.7 Å². The molecule has 0 radical (unpaired) electrons. The van der Waals surface area contributed by atoms with Gasteiger partial charge in [0, 0.05) is 68.8 Å². The number of hydrogen-bond donors (Lipinski definition) is 3. The fourth-order valence-electron chi connectivity index (χ4n) is 6.41. The summed E-state index contributed by atoms with van der Waals surface area (Å²) in [4.78, 5) is 24.4. The van der Waals surface area contributed by atoms with E-state index in [1.807, 2.05) is 34.9 Å². The van der Waals surface area contributed by atoms with Crippen molar-refractivity contribution >= 4 is 28.8 Å². The number of carbonyl (C=O) groups is 1. The van der Waals surface area contributed by atoms with E-state index in [1.54, 1.807) is 18.3 Å². The van der Waals surface area contributed by atoms with Crippen molar-refractivity contribution in [3.63, 3.8) is 0 Å². The molecule has 2 fully saturated rings. The number of aryl methyl sites for hydroxylation is 1. The average Bonchev–Trinajstić information content (AvgIpc) is 3.52. The van der Waals surface area contributed by atoms with Gasteiger partial charge in [0.15, 0.2) is 5.82 Å².